The van der Waals surface area contributed by atoms with Crippen LogP contribution in [0.2, 0.25) is 0 Å². The van der Waals surface area contributed by atoms with Crippen molar-refractivity contribution in [2.24, 2.45) is 11.3 Å². The molecule has 0 amide bonds. The average molecular weight is 941 g/mol. The quantitative estimate of drug-likeness (QED) is 0.0726. The third-order valence-electron chi connectivity index (χ3n) is 11.8. The van der Waals surface area contributed by atoms with E-state index in [1.807, 2.05) is 0 Å². The van der Waals surface area contributed by atoms with E-state index in [0.29, 0.717) is 11.2 Å². The first-order chi connectivity index (χ1) is 30.7. The monoisotopic (exact) mass is 940 g/mol. The van der Waals surface area contributed by atoms with Gasteiger partial charge in [0.2, 0.25) is 5.95 Å². The molecule has 1 unspecified atom stereocenters. The number of carbonyl (C=O) groups excluding carboxylic acids is 1. The van der Waals surface area contributed by atoms with Crippen molar-refractivity contribution in [3.8, 4) is 11.5 Å². The number of phosphoric ester groups is 1. The second kappa shape index (κ2) is 16.0. The fraction of sp³-hybridized carbons (Fsp3) is 0.378. The van der Waals surface area contributed by atoms with Gasteiger partial charge in [-0.25, -0.2) is 33.9 Å². The zero-order valence-corrected chi connectivity index (χ0v) is 35.8. The van der Waals surface area contributed by atoms with Gasteiger partial charge in [-0.3, -0.25) is 32.4 Å². The number of nitrogens with one attached hydrogen (secondary N) is 1. The van der Waals surface area contributed by atoms with Crippen LogP contribution in [0, 0.1) is 11.3 Å². The number of aliphatic hydroxyl groups excluding tert-OH is 1. The van der Waals surface area contributed by atoms with E-state index in [9.17, 15) is 29.3 Å². The van der Waals surface area contributed by atoms with Gasteiger partial charge in [-0.15, -0.1) is 0 Å². The van der Waals surface area contributed by atoms with Gasteiger partial charge in [-0.2, -0.15) is 4.98 Å². The van der Waals surface area contributed by atoms with Crippen LogP contribution in [0.1, 0.15) is 34.6 Å². The van der Waals surface area contributed by atoms with Crippen LogP contribution in [0.25, 0.3) is 22.3 Å². The average Bonchev–Trinajstić information content (AvgIpc) is 3.55. The number of nitrogen functional groups attached to an aromatic ring is 2. The van der Waals surface area contributed by atoms with Crippen LogP contribution in [0.5, 0.6) is 11.5 Å². The molecule has 4 aliphatic rings. The highest BCUT2D eigenvalue weighted by Gasteiger charge is 2.74. The summed E-state index contributed by atoms with van der Waals surface area (Å²) in [5.41, 5.74) is 11.4. The number of aromatic nitrogens is 8. The van der Waals surface area contributed by atoms with Crippen LogP contribution >= 0.6 is 26.0 Å². The van der Waals surface area contributed by atoms with Gasteiger partial charge in [0.15, 0.2) is 28.9 Å². The number of phenolic OH excluding ortho intramolecular Hbond substituents is 1. The number of carbonyl (C=O) groups is 1. The topological polar surface area (TPSA) is 336 Å². The molecule has 0 radical (unpaired) electrons. The van der Waals surface area contributed by atoms with Crippen molar-refractivity contribution < 1.29 is 61.3 Å². The molecule has 2 bridgehead atoms. The Morgan fingerprint density at radius 3 is 2.52 bits per heavy atom. The van der Waals surface area contributed by atoms with Gasteiger partial charge in [-0.05, 0) is 65.7 Å². The number of H-pyrrole nitrogens is 1. The first-order valence-corrected chi connectivity index (χ1v) is 24.1. The number of fused-ring (bicyclic) bond motifs is 4. The zero-order chi connectivity index (χ0) is 44.7. The summed E-state index contributed by atoms with van der Waals surface area (Å²) in [6.45, 7) is -5.43. The summed E-state index contributed by atoms with van der Waals surface area (Å²) >= 11 is 0.799. The number of hydrogen-bond acceptors (Lipinski definition) is 21. The lowest BCUT2D eigenvalue weighted by atomic mass is 10.0. The molecular formula is C37H38N10O14P2S. The summed E-state index contributed by atoms with van der Waals surface area (Å²) in [6.07, 6.45) is -3.69. The number of esters is 1. The molecule has 64 heavy (non-hydrogen) atoms. The van der Waals surface area contributed by atoms with Crippen LogP contribution in [-0.2, 0) is 42.5 Å². The number of phosphoric acid groups is 1. The number of nitrogens with zero attached hydrogens (tertiary/aromatic N) is 7. The molecule has 2 aromatic carbocycles. The second-order valence-electron chi connectivity index (χ2n) is 15.6. The van der Waals surface area contributed by atoms with E-state index in [1.54, 1.807) is 28.8 Å². The maximum atomic E-state index is 15.3. The SMILES string of the molecule is CO[C@H]1[C@H]2OP(=O)(O)OC[C@@]34C[C@@H]3[C@@H](n3cnc5c(N)ncnc53)[C@H](O)[C@@H]4O[P@](=O)(SCc3ccc(OC(=O)c4ccc(O)cc4)cc3)OC[C@H]1O[C@H]2n1cnc2c(=O)[nH]c(N)nc21. The fourth-order valence-electron chi connectivity index (χ4n) is 8.71. The van der Waals surface area contributed by atoms with E-state index < -0.39 is 93.5 Å². The van der Waals surface area contributed by atoms with Crippen molar-refractivity contribution >= 4 is 66.1 Å². The van der Waals surface area contributed by atoms with Crippen molar-refractivity contribution in [3.05, 3.63) is 89.0 Å². The normalized spacial score (nSPS) is 32.6. The number of methoxy groups -OCH3 is 1. The number of anilines is 2. The summed E-state index contributed by atoms with van der Waals surface area (Å²) in [7, 11) is -3.75. The van der Waals surface area contributed by atoms with E-state index >= 15 is 4.57 Å². The summed E-state index contributed by atoms with van der Waals surface area (Å²) in [4.78, 5) is 60.2. The maximum absolute atomic E-state index is 15.3. The van der Waals surface area contributed by atoms with E-state index in [-0.39, 0.29) is 57.7 Å². The van der Waals surface area contributed by atoms with Crippen molar-refractivity contribution in [2.45, 2.75) is 55.0 Å². The van der Waals surface area contributed by atoms with E-state index in [1.165, 1.54) is 54.9 Å². The summed E-state index contributed by atoms with van der Waals surface area (Å²) < 4.78 is 74.1. The lowest BCUT2D eigenvalue weighted by molar-refractivity contribution is -0.0600. The van der Waals surface area contributed by atoms with Crippen molar-refractivity contribution in [1.82, 2.24) is 39.0 Å². The van der Waals surface area contributed by atoms with Crippen LogP contribution in [0.15, 0.2) is 72.3 Å². The van der Waals surface area contributed by atoms with Crippen molar-refractivity contribution in [1.29, 1.82) is 0 Å². The minimum atomic E-state index is -5.05. The Labute approximate surface area is 364 Å². The molecule has 1 spiro atoms. The van der Waals surface area contributed by atoms with Crippen LogP contribution < -0.4 is 21.8 Å². The third-order valence-corrected chi connectivity index (χ3v) is 16.4. The maximum Gasteiger partial charge on any atom is 0.472 e. The highest BCUT2D eigenvalue weighted by Crippen LogP contribution is 2.74. The molecule has 4 fully saturated rings. The molecule has 11 atom stereocenters. The second-order valence-corrected chi connectivity index (χ2v) is 21.0. The minimum absolute atomic E-state index is 0.00387. The molecule has 8 N–H and O–H groups in total. The Hall–Kier alpha value is -5.30. The number of ether oxygens (including phenoxy) is 3. The molecule has 2 aliphatic heterocycles. The van der Waals surface area contributed by atoms with Crippen LogP contribution in [0.3, 0.4) is 0 Å². The first kappa shape index (κ1) is 42.6. The summed E-state index contributed by atoms with van der Waals surface area (Å²) in [5, 5.41) is 21.7. The Kier molecular flexibility index (Phi) is 10.7. The molecule has 10 rings (SSSR count). The van der Waals surface area contributed by atoms with E-state index in [2.05, 4.69) is 29.9 Å². The Bertz CT molecular complexity index is 2940. The number of aromatic amines is 1. The smallest absolute Gasteiger partial charge is 0.472 e. The van der Waals surface area contributed by atoms with E-state index in [0.717, 1.165) is 11.4 Å². The van der Waals surface area contributed by atoms with Crippen molar-refractivity contribution in [2.75, 3.05) is 31.8 Å². The number of imidazole rings is 2. The Balaban J connectivity index is 0.980. The predicted molar refractivity (Wildman–Crippen MR) is 222 cm³/mol. The first-order valence-electron chi connectivity index (χ1n) is 19.5. The number of aliphatic hydroxyl groups is 1. The largest absolute Gasteiger partial charge is 0.508 e. The molecule has 2 aliphatic carbocycles. The van der Waals surface area contributed by atoms with Crippen LogP contribution in [-0.4, -0.2) is 111 Å². The van der Waals surface area contributed by atoms with Crippen LogP contribution in [0.4, 0.5) is 11.8 Å². The number of phenols is 1. The number of aromatic hydroxyl groups is 1. The van der Waals surface area contributed by atoms with E-state index in [4.69, 9.17) is 43.8 Å². The van der Waals surface area contributed by atoms with Crippen molar-refractivity contribution in [3.63, 3.8) is 0 Å². The lowest BCUT2D eigenvalue weighted by Crippen LogP contribution is -2.38. The number of rotatable bonds is 8. The molecule has 4 aromatic heterocycles. The molecule has 24 nitrogen and oxygen atoms in total. The Morgan fingerprint density at radius 2 is 1.75 bits per heavy atom. The highest BCUT2D eigenvalue weighted by molar-refractivity contribution is 8.54. The summed E-state index contributed by atoms with van der Waals surface area (Å²) in [6, 6.07) is 11.2. The molecule has 336 valence electrons. The molecule has 6 heterocycles. The van der Waals surface area contributed by atoms with Gasteiger partial charge in [0.05, 0.1) is 37.5 Å². The zero-order valence-electron chi connectivity index (χ0n) is 33.2. The van der Waals surface area contributed by atoms with Gasteiger partial charge in [0.25, 0.3) is 5.56 Å². The third kappa shape index (κ3) is 7.54. The van der Waals surface area contributed by atoms with Gasteiger partial charge in [0.1, 0.15) is 53.9 Å². The summed E-state index contributed by atoms with van der Waals surface area (Å²) in [5.74, 6) is -1.03. The molecule has 6 aromatic rings. The standard InChI is InChI=1S/C37H38N10O14P2S/c1-55-27-22-11-56-63(54,64-12-17-2-8-20(9-3-17)58-35(51)18-4-6-19(48)7-5-18)61-29-26(49)25(46-15-42-23-30(38)40-14-41-31(23)46)21-10-37(21,29)13-57-62(52,53)60-28(27)34(59-22)47-16-43-24-32(47)44-36(39)45-33(24)50/h2-9,14-16,21-22,25-29,34,48-49H,10-13H2,1H3,(H,52,53)(H2,38,40,41)(H3,39,44,45,50)/t21-,22-,25-,26+,27-,28-,29+,34-,37+,63-/m1/s1. The highest BCUT2D eigenvalue weighted by atomic mass is 32.7. The molecular weight excluding hydrogens is 902 g/mol. The number of hydrogen-bond donors (Lipinski definition) is 6. The number of benzene rings is 2. The van der Waals surface area contributed by atoms with Gasteiger partial charge in [-0.1, -0.05) is 12.1 Å². The molecule has 27 heteroatoms. The molecule has 2 saturated carbocycles. The molecule has 2 saturated heterocycles. The fourth-order valence-corrected chi connectivity index (χ4v) is 13.1. The van der Waals surface area contributed by atoms with Gasteiger partial charge >= 0.3 is 20.6 Å². The Morgan fingerprint density at radius 1 is 1.00 bits per heavy atom. The number of nitrogens with two attached hydrogens (primary N) is 2. The predicted octanol–water partition coefficient (Wildman–Crippen LogP) is 2.84. The lowest BCUT2D eigenvalue weighted by Gasteiger charge is -2.32. The van der Waals surface area contributed by atoms with Gasteiger partial charge < -0.3 is 45.4 Å². The van der Waals surface area contributed by atoms with Gasteiger partial charge in [0, 0.05) is 18.3 Å². The minimum Gasteiger partial charge on any atom is -0.508 e.